The summed E-state index contributed by atoms with van der Waals surface area (Å²) >= 11 is 0. The van der Waals surface area contributed by atoms with Crippen LogP contribution in [0.5, 0.6) is 23.0 Å². The molecule has 8 aliphatic rings. The van der Waals surface area contributed by atoms with E-state index in [4.69, 9.17) is 18.9 Å². The number of nitrogens with one attached hydrogen (secondary N) is 4. The van der Waals surface area contributed by atoms with Crippen molar-refractivity contribution >= 4 is 112 Å². The van der Waals surface area contributed by atoms with Gasteiger partial charge in [-0.05, 0) is 70.1 Å². The van der Waals surface area contributed by atoms with E-state index < -0.39 is 98.1 Å². The van der Waals surface area contributed by atoms with Crippen LogP contribution in [0.15, 0.2) is 72.8 Å². The van der Waals surface area contributed by atoms with E-state index in [-0.39, 0.29) is 46.0 Å². The molecule has 8 bridgehead atoms. The molecule has 0 unspecified atom stereocenters. The standard InChI is InChI=1S/C40H40N4O16S4/c45-33-13-57-25-5-1-21-9-26(6-2-22(21)10-25)58-14-34(46)42-30(38(51)52)18-62-64-20-32(40(55)56)44-36(48)16-60-28-8-4-23-11-27(7-3-24(23)12-28)59-15-35(47)43-31(39(53)54)19-63-61-17-29(41-33)37(49)50/h1-12,29-32H,13-20H2,(H,41,45)(H,42,46)(H,43,47)(H,44,48)(H,49,50)(H,51,52)(H,53,54)(H,55,56)/t29-,30-,31-,32-/m0/s1. The van der Waals surface area contributed by atoms with E-state index in [9.17, 15) is 58.8 Å². The third-order valence-corrected chi connectivity index (χ3v) is 13.5. The van der Waals surface area contributed by atoms with Crippen LogP contribution in [0, 0.1) is 0 Å². The summed E-state index contributed by atoms with van der Waals surface area (Å²) in [5.74, 6) is -7.69. The fourth-order valence-electron chi connectivity index (χ4n) is 5.47. The first-order chi connectivity index (χ1) is 30.6. The maximum atomic E-state index is 12.6. The minimum Gasteiger partial charge on any atom is -0.484 e. The van der Waals surface area contributed by atoms with Gasteiger partial charge in [-0.3, -0.25) is 19.2 Å². The Morgan fingerprint density at radius 1 is 0.391 bits per heavy atom. The molecular weight excluding hydrogens is 921 g/mol. The Morgan fingerprint density at radius 2 is 0.594 bits per heavy atom. The first kappa shape index (κ1) is 48.8. The summed E-state index contributed by atoms with van der Waals surface area (Å²) in [6, 6.07) is 13.9. The van der Waals surface area contributed by atoms with Crippen LogP contribution in [-0.4, -0.2) is 142 Å². The monoisotopic (exact) mass is 960 g/mol. The lowest BCUT2D eigenvalue weighted by atomic mass is 10.1. The van der Waals surface area contributed by atoms with E-state index in [0.717, 1.165) is 43.2 Å². The van der Waals surface area contributed by atoms with E-state index in [1.165, 1.54) is 0 Å². The second-order valence-corrected chi connectivity index (χ2v) is 18.6. The van der Waals surface area contributed by atoms with Crippen molar-refractivity contribution in [3.63, 3.8) is 0 Å². The summed E-state index contributed by atoms with van der Waals surface area (Å²) in [7, 11) is 3.92. The van der Waals surface area contributed by atoms with Crippen molar-refractivity contribution in [3.8, 4) is 23.0 Å². The fourth-order valence-corrected chi connectivity index (χ4v) is 10.1. The maximum Gasteiger partial charge on any atom is 0.327 e. The predicted molar refractivity (Wildman–Crippen MR) is 238 cm³/mol. The summed E-state index contributed by atoms with van der Waals surface area (Å²) in [6.07, 6.45) is 0. The van der Waals surface area contributed by atoms with Gasteiger partial charge < -0.3 is 60.6 Å². The minimum absolute atomic E-state index is 0.145. The molecule has 0 saturated carbocycles. The number of carbonyl (C=O) groups excluding carboxylic acids is 4. The van der Waals surface area contributed by atoms with Gasteiger partial charge in [0.05, 0.1) is 0 Å². The molecule has 4 amide bonds. The zero-order chi connectivity index (χ0) is 46.2. The molecule has 4 atom stereocenters. The van der Waals surface area contributed by atoms with Crippen LogP contribution >= 0.6 is 43.2 Å². The van der Waals surface area contributed by atoms with E-state index >= 15 is 0 Å². The van der Waals surface area contributed by atoms with Gasteiger partial charge in [0, 0.05) is 23.0 Å². The number of hydrogen-bond acceptors (Lipinski definition) is 16. The van der Waals surface area contributed by atoms with Crippen molar-refractivity contribution in [2.75, 3.05) is 49.4 Å². The number of carboxylic acids is 4. The van der Waals surface area contributed by atoms with E-state index in [2.05, 4.69) is 21.3 Å². The van der Waals surface area contributed by atoms with E-state index in [1.807, 2.05) is 0 Å². The minimum atomic E-state index is -1.35. The molecule has 0 fully saturated rings. The molecule has 8 N–H and O–H groups in total. The van der Waals surface area contributed by atoms with Crippen molar-refractivity contribution < 1.29 is 77.7 Å². The molecule has 340 valence electrons. The third kappa shape index (κ3) is 15.5. The molecule has 8 aliphatic heterocycles. The van der Waals surface area contributed by atoms with Gasteiger partial charge in [-0.25, -0.2) is 19.2 Å². The van der Waals surface area contributed by atoms with Gasteiger partial charge in [-0.15, -0.1) is 0 Å². The van der Waals surface area contributed by atoms with Gasteiger partial charge in [0.2, 0.25) is 0 Å². The number of rotatable bonds is 4. The molecule has 20 nitrogen and oxygen atoms in total. The quantitative estimate of drug-likeness (QED) is 0.136. The maximum absolute atomic E-state index is 12.6. The molecular formula is C40H40N4O16S4. The Kier molecular flexibility index (Phi) is 18.3. The molecule has 12 rings (SSSR count). The van der Waals surface area contributed by atoms with Crippen molar-refractivity contribution in [2.45, 2.75) is 24.2 Å². The van der Waals surface area contributed by atoms with Crippen LogP contribution in [0.25, 0.3) is 21.5 Å². The fraction of sp³-hybridized carbons (Fsp3) is 0.300. The van der Waals surface area contributed by atoms with Crippen molar-refractivity contribution in [1.82, 2.24) is 21.3 Å². The van der Waals surface area contributed by atoms with Crippen LogP contribution in [-0.2, 0) is 38.4 Å². The van der Waals surface area contributed by atoms with Crippen molar-refractivity contribution in [2.24, 2.45) is 0 Å². The molecule has 0 saturated heterocycles. The number of carbonyl (C=O) groups is 8. The first-order valence-electron chi connectivity index (χ1n) is 18.8. The number of amides is 4. The van der Waals surface area contributed by atoms with Crippen LogP contribution < -0.4 is 40.2 Å². The summed E-state index contributed by atoms with van der Waals surface area (Å²) in [5, 5.41) is 50.9. The summed E-state index contributed by atoms with van der Waals surface area (Å²) in [5.41, 5.74) is 0. The highest BCUT2D eigenvalue weighted by molar-refractivity contribution is 8.77. The van der Waals surface area contributed by atoms with Gasteiger partial charge in [0.1, 0.15) is 47.2 Å². The van der Waals surface area contributed by atoms with Crippen LogP contribution in [0.2, 0.25) is 0 Å². The van der Waals surface area contributed by atoms with Gasteiger partial charge in [0.15, 0.2) is 26.4 Å². The number of carboxylic acid groups (broad SMARTS) is 4. The van der Waals surface area contributed by atoms with Crippen LogP contribution in [0.1, 0.15) is 0 Å². The van der Waals surface area contributed by atoms with Crippen molar-refractivity contribution in [3.05, 3.63) is 72.8 Å². The highest BCUT2D eigenvalue weighted by Gasteiger charge is 2.25. The lowest BCUT2D eigenvalue weighted by Gasteiger charge is -2.17. The van der Waals surface area contributed by atoms with Crippen LogP contribution in [0.3, 0.4) is 0 Å². The predicted octanol–water partition coefficient (Wildman–Crippen LogP) is 2.26. The molecule has 0 aromatic heterocycles. The van der Waals surface area contributed by atoms with Gasteiger partial charge >= 0.3 is 23.9 Å². The van der Waals surface area contributed by atoms with Gasteiger partial charge in [-0.2, -0.15) is 0 Å². The Balaban J connectivity index is 1.25. The highest BCUT2D eigenvalue weighted by Crippen LogP contribution is 2.28. The highest BCUT2D eigenvalue weighted by atomic mass is 33.1. The average molecular weight is 961 g/mol. The van der Waals surface area contributed by atoms with Crippen molar-refractivity contribution in [1.29, 1.82) is 0 Å². The number of hydrogen-bond donors (Lipinski definition) is 8. The second-order valence-electron chi connectivity index (χ2n) is 13.5. The molecule has 0 aliphatic carbocycles. The SMILES string of the molecule is O=C1COc2ccc3cc(ccc3c2)OCC(=O)N[C@H](C(=O)O)CSSC[C@@H](C(=O)O)NC(=O)COc2ccc3cc(ccc3c2)OCC(=O)N[C@H](C(=O)O)CSSC[C@@H](C(=O)O)N1. The number of ether oxygens (including phenoxy) is 4. The molecule has 4 aromatic carbocycles. The molecule has 64 heavy (non-hydrogen) atoms. The lowest BCUT2D eigenvalue weighted by molar-refractivity contribution is -0.141. The zero-order valence-electron chi connectivity index (χ0n) is 33.2. The zero-order valence-corrected chi connectivity index (χ0v) is 36.5. The smallest absolute Gasteiger partial charge is 0.327 e. The Morgan fingerprint density at radius 3 is 0.781 bits per heavy atom. The van der Waals surface area contributed by atoms with E-state index in [0.29, 0.717) is 21.5 Å². The molecule has 4 aromatic rings. The molecule has 0 radical (unpaired) electrons. The van der Waals surface area contributed by atoms with Gasteiger partial charge in [0.25, 0.3) is 23.6 Å². The largest absolute Gasteiger partial charge is 0.484 e. The summed E-state index contributed by atoms with van der Waals surface area (Å²) < 4.78 is 22.3. The molecule has 8 heterocycles. The molecule has 24 heteroatoms. The topological polar surface area (TPSA) is 303 Å². The van der Waals surface area contributed by atoms with E-state index in [1.54, 1.807) is 72.8 Å². The Labute approximate surface area is 379 Å². The first-order valence-corrected chi connectivity index (χ1v) is 23.8. The number of aliphatic carboxylic acids is 4. The normalized spacial score (nSPS) is 20.8. The summed E-state index contributed by atoms with van der Waals surface area (Å²) in [4.78, 5) is 98.1. The Bertz CT molecular complexity index is 2060. The third-order valence-electron chi connectivity index (χ3n) is 8.68. The summed E-state index contributed by atoms with van der Waals surface area (Å²) in [6.45, 7) is -2.10. The Hall–Kier alpha value is -6.24. The molecule has 0 spiro atoms. The second kappa shape index (κ2) is 24.0. The van der Waals surface area contributed by atoms with Gasteiger partial charge in [-0.1, -0.05) is 67.4 Å². The average Bonchev–Trinajstić information content (AvgIpc) is 3.26. The lowest BCUT2D eigenvalue weighted by Crippen LogP contribution is -2.45. The van der Waals surface area contributed by atoms with Crippen LogP contribution in [0.4, 0.5) is 0 Å². The number of benzene rings is 4.